The molecule has 4 heterocycles. The summed E-state index contributed by atoms with van der Waals surface area (Å²) < 4.78 is 23.4. The summed E-state index contributed by atoms with van der Waals surface area (Å²) in [6.45, 7) is 7.67. The number of phenolic OH excluding ortho intramolecular Hbond substituents is 1. The van der Waals surface area contributed by atoms with Gasteiger partial charge in [-0.05, 0) is 98.1 Å². The summed E-state index contributed by atoms with van der Waals surface area (Å²) in [5, 5.41) is 16.8. The molecule has 2 bridgehead atoms. The smallest absolute Gasteiger partial charge is 0.319 e. The molecule has 2 N–H and O–H groups in total. The highest BCUT2D eigenvalue weighted by molar-refractivity contribution is 6.02. The van der Waals surface area contributed by atoms with E-state index in [-0.39, 0.29) is 28.5 Å². The largest absolute Gasteiger partial charge is 0.508 e. The fourth-order valence-corrected chi connectivity index (χ4v) is 7.75. The van der Waals surface area contributed by atoms with E-state index >= 15 is 4.39 Å². The van der Waals surface area contributed by atoms with Crippen molar-refractivity contribution in [3.63, 3.8) is 0 Å². The number of hydrogen-bond donors (Lipinski definition) is 2. The quantitative estimate of drug-likeness (QED) is 0.262. The van der Waals surface area contributed by atoms with Crippen LogP contribution in [0.3, 0.4) is 0 Å². The van der Waals surface area contributed by atoms with Gasteiger partial charge in [-0.3, -0.25) is 0 Å². The molecule has 2 unspecified atom stereocenters. The number of hydrogen-bond acceptors (Lipinski definition) is 7. The zero-order chi connectivity index (χ0) is 29.1. The van der Waals surface area contributed by atoms with E-state index in [1.807, 2.05) is 31.2 Å². The van der Waals surface area contributed by atoms with Crippen LogP contribution in [-0.4, -0.2) is 71.4 Å². The lowest BCUT2D eigenvalue weighted by molar-refractivity contribution is 0.170. The number of halogens is 1. The molecule has 7 nitrogen and oxygen atoms in total. The summed E-state index contributed by atoms with van der Waals surface area (Å²) in [5.74, 6) is 0.505. The maximum Gasteiger partial charge on any atom is 0.319 e. The van der Waals surface area contributed by atoms with Crippen molar-refractivity contribution in [1.82, 2.24) is 20.2 Å². The van der Waals surface area contributed by atoms with E-state index in [2.05, 4.69) is 21.2 Å². The second-order valence-corrected chi connectivity index (χ2v) is 13.3. The highest BCUT2D eigenvalue weighted by Crippen LogP contribution is 2.47. The maximum atomic E-state index is 17.0. The van der Waals surface area contributed by atoms with Crippen molar-refractivity contribution < 1.29 is 14.2 Å². The van der Waals surface area contributed by atoms with Crippen LogP contribution in [0.5, 0.6) is 11.8 Å². The number of fused-ring (bicyclic) bond motifs is 4. The number of anilines is 1. The monoisotopic (exact) mass is 581 g/mol. The van der Waals surface area contributed by atoms with Crippen LogP contribution in [0.1, 0.15) is 51.0 Å². The van der Waals surface area contributed by atoms with E-state index in [1.54, 1.807) is 12.1 Å². The Morgan fingerprint density at radius 1 is 1.02 bits per heavy atom. The second-order valence-electron chi connectivity index (χ2n) is 13.3. The van der Waals surface area contributed by atoms with Crippen LogP contribution in [0.15, 0.2) is 42.5 Å². The average molecular weight is 582 g/mol. The highest BCUT2D eigenvalue weighted by Gasteiger charge is 2.45. The molecular weight excluding hydrogens is 541 g/mol. The van der Waals surface area contributed by atoms with E-state index in [4.69, 9.17) is 14.7 Å². The SMILES string of the molecule is CCc1cc2c(N3CC4CCC(C3)N4)nc(OCC3(CN4CCCC4)CC3)nc2c(F)c1-c1cc(O)cc2ccccc12. The molecule has 8 rings (SSSR count). The third-order valence-corrected chi connectivity index (χ3v) is 10.2. The molecule has 8 heteroatoms. The van der Waals surface area contributed by atoms with E-state index in [1.165, 1.54) is 25.9 Å². The van der Waals surface area contributed by atoms with Crippen LogP contribution < -0.4 is 15.0 Å². The first-order valence-electron chi connectivity index (χ1n) is 16.1. The van der Waals surface area contributed by atoms with E-state index in [0.717, 1.165) is 72.9 Å². The highest BCUT2D eigenvalue weighted by atomic mass is 19.1. The molecule has 4 aromatic rings. The minimum Gasteiger partial charge on any atom is -0.508 e. The summed E-state index contributed by atoms with van der Waals surface area (Å²) in [4.78, 5) is 14.7. The molecule has 4 fully saturated rings. The zero-order valence-corrected chi connectivity index (χ0v) is 24.9. The molecule has 1 saturated carbocycles. The molecule has 3 aromatic carbocycles. The third kappa shape index (κ3) is 4.98. The normalized spacial score (nSPS) is 23.0. The minimum absolute atomic E-state index is 0.117. The summed E-state index contributed by atoms with van der Waals surface area (Å²) in [6.07, 6.45) is 7.77. The van der Waals surface area contributed by atoms with E-state index in [0.29, 0.717) is 36.2 Å². The molecule has 2 atom stereocenters. The topological polar surface area (TPSA) is 73.8 Å². The van der Waals surface area contributed by atoms with Gasteiger partial charge in [-0.15, -0.1) is 0 Å². The van der Waals surface area contributed by atoms with Gasteiger partial charge in [-0.1, -0.05) is 31.2 Å². The van der Waals surface area contributed by atoms with Crippen molar-refractivity contribution in [2.45, 2.75) is 64.0 Å². The lowest BCUT2D eigenvalue weighted by Crippen LogP contribution is -2.51. The molecule has 3 aliphatic heterocycles. The maximum absolute atomic E-state index is 17.0. The minimum atomic E-state index is -0.380. The third-order valence-electron chi connectivity index (χ3n) is 10.2. The van der Waals surface area contributed by atoms with Crippen molar-refractivity contribution in [3.8, 4) is 22.9 Å². The fraction of sp³-hybridized carbons (Fsp3) is 0.486. The summed E-state index contributed by atoms with van der Waals surface area (Å²) in [6, 6.07) is 14.4. The fourth-order valence-electron chi connectivity index (χ4n) is 7.75. The van der Waals surface area contributed by atoms with Gasteiger partial charge < -0.3 is 25.0 Å². The molecule has 1 aliphatic carbocycles. The summed E-state index contributed by atoms with van der Waals surface area (Å²) >= 11 is 0. The van der Waals surface area contributed by atoms with Gasteiger partial charge in [0.25, 0.3) is 0 Å². The standard InChI is InChI=1S/C35H40FN5O2/c1-2-22-16-29-32(31(36)30(22)28-17-26(42)15-23-7-3-4-8-27(23)28)38-34(39-33(29)41-18-24-9-10-25(19-41)37-24)43-21-35(11-12-35)20-40-13-5-6-14-40/h3-4,7-8,15-17,24-25,37,42H,2,5-6,9-14,18-21H2,1H3. The second kappa shape index (κ2) is 10.6. The number of rotatable bonds is 8. The predicted molar refractivity (Wildman–Crippen MR) is 168 cm³/mol. The molecule has 224 valence electrons. The Hall–Kier alpha value is -3.49. The Bertz CT molecular complexity index is 1690. The van der Waals surface area contributed by atoms with Gasteiger partial charge in [0, 0.05) is 48.1 Å². The van der Waals surface area contributed by atoms with Crippen LogP contribution in [-0.2, 0) is 6.42 Å². The number of likely N-dealkylation sites (tertiary alicyclic amines) is 1. The van der Waals surface area contributed by atoms with Gasteiger partial charge in [0.05, 0.1) is 6.61 Å². The van der Waals surface area contributed by atoms with Crippen molar-refractivity contribution in [2.24, 2.45) is 5.41 Å². The number of nitrogens with one attached hydrogen (secondary N) is 1. The molecule has 1 aromatic heterocycles. The number of ether oxygens (including phenoxy) is 1. The Kier molecular flexibility index (Phi) is 6.67. The van der Waals surface area contributed by atoms with Crippen LogP contribution in [0.4, 0.5) is 10.2 Å². The first-order valence-corrected chi connectivity index (χ1v) is 16.1. The Balaban J connectivity index is 1.25. The zero-order valence-electron chi connectivity index (χ0n) is 24.9. The Labute approximate surface area is 252 Å². The number of aromatic hydroxyl groups is 1. The number of aromatic nitrogens is 2. The predicted octanol–water partition coefficient (Wildman–Crippen LogP) is 6.05. The number of benzene rings is 3. The average Bonchev–Trinajstić information content (AvgIpc) is 3.42. The van der Waals surface area contributed by atoms with Gasteiger partial charge in [0.15, 0.2) is 5.82 Å². The first-order chi connectivity index (χ1) is 21.0. The van der Waals surface area contributed by atoms with Crippen molar-refractivity contribution in [1.29, 1.82) is 0 Å². The van der Waals surface area contributed by atoms with Crippen molar-refractivity contribution >= 4 is 27.5 Å². The van der Waals surface area contributed by atoms with Gasteiger partial charge in [-0.25, -0.2) is 4.39 Å². The Morgan fingerprint density at radius 2 is 1.79 bits per heavy atom. The molecular formula is C35H40FN5O2. The molecule has 3 saturated heterocycles. The number of piperazine rings is 1. The van der Waals surface area contributed by atoms with E-state index in [9.17, 15) is 5.11 Å². The van der Waals surface area contributed by atoms with Crippen LogP contribution in [0.2, 0.25) is 0 Å². The molecule has 0 amide bonds. The molecule has 0 spiro atoms. The van der Waals surface area contributed by atoms with Gasteiger partial charge >= 0.3 is 6.01 Å². The van der Waals surface area contributed by atoms with Crippen molar-refractivity contribution in [3.05, 3.63) is 53.8 Å². The molecule has 43 heavy (non-hydrogen) atoms. The summed E-state index contributed by atoms with van der Waals surface area (Å²) in [7, 11) is 0. The first kappa shape index (κ1) is 27.1. The van der Waals surface area contributed by atoms with Gasteiger partial charge in [0.2, 0.25) is 0 Å². The van der Waals surface area contributed by atoms with E-state index < -0.39 is 0 Å². The Morgan fingerprint density at radius 3 is 2.53 bits per heavy atom. The van der Waals surface area contributed by atoms with Gasteiger partial charge in [0.1, 0.15) is 17.1 Å². The van der Waals surface area contributed by atoms with Crippen LogP contribution >= 0.6 is 0 Å². The summed E-state index contributed by atoms with van der Waals surface area (Å²) in [5.41, 5.74) is 2.48. The number of phenols is 1. The lowest BCUT2D eigenvalue weighted by Gasteiger charge is -2.34. The molecule has 4 aliphatic rings. The number of nitrogens with zero attached hydrogens (tertiary/aromatic N) is 4. The lowest BCUT2D eigenvalue weighted by atomic mass is 9.91. The van der Waals surface area contributed by atoms with Crippen LogP contribution in [0.25, 0.3) is 32.8 Å². The van der Waals surface area contributed by atoms with Crippen molar-refractivity contribution in [2.75, 3.05) is 44.2 Å². The van der Waals surface area contributed by atoms with Crippen LogP contribution in [0, 0.1) is 11.2 Å². The van der Waals surface area contributed by atoms with Gasteiger partial charge in [-0.2, -0.15) is 9.97 Å². The molecule has 0 radical (unpaired) electrons. The number of aryl methyl sites for hydroxylation is 1.